The van der Waals surface area contributed by atoms with Gasteiger partial charge >= 0.3 is 0 Å². The zero-order chi connectivity index (χ0) is 11.4. The van der Waals surface area contributed by atoms with E-state index in [1.165, 1.54) is 5.56 Å². The lowest BCUT2D eigenvalue weighted by Crippen LogP contribution is -1.86. The zero-order valence-corrected chi connectivity index (χ0v) is 9.31. The van der Waals surface area contributed by atoms with E-state index in [0.29, 0.717) is 0 Å². The van der Waals surface area contributed by atoms with Gasteiger partial charge in [0.1, 0.15) is 11.5 Å². The molecule has 0 aliphatic heterocycles. The highest BCUT2D eigenvalue weighted by atomic mass is 16.5. The molecule has 2 aromatic carbocycles. The van der Waals surface area contributed by atoms with Crippen molar-refractivity contribution in [3.05, 3.63) is 66.2 Å². The first-order valence-electron chi connectivity index (χ1n) is 5.25. The summed E-state index contributed by atoms with van der Waals surface area (Å²) in [5, 5.41) is 0. The molecule has 0 bridgehead atoms. The average molecular weight is 210 g/mol. The lowest BCUT2D eigenvalue weighted by Gasteiger charge is -2.08. The van der Waals surface area contributed by atoms with E-state index < -0.39 is 0 Å². The third kappa shape index (κ3) is 2.31. The molecule has 2 rings (SSSR count). The van der Waals surface area contributed by atoms with Gasteiger partial charge in [0, 0.05) is 5.56 Å². The highest BCUT2D eigenvalue weighted by Gasteiger charge is 2.00. The Hall–Kier alpha value is -2.02. The summed E-state index contributed by atoms with van der Waals surface area (Å²) < 4.78 is 5.78. The summed E-state index contributed by atoms with van der Waals surface area (Å²) in [5.74, 6) is 1.68. The van der Waals surface area contributed by atoms with Gasteiger partial charge in [0.2, 0.25) is 0 Å². The van der Waals surface area contributed by atoms with Crippen LogP contribution in [0.1, 0.15) is 11.1 Å². The Balaban J connectivity index is 2.26. The Morgan fingerprint density at radius 2 is 1.69 bits per heavy atom. The molecule has 80 valence electrons. The summed E-state index contributed by atoms with van der Waals surface area (Å²) in [7, 11) is 0. The van der Waals surface area contributed by atoms with Crippen LogP contribution in [0.5, 0.6) is 11.5 Å². The van der Waals surface area contributed by atoms with E-state index in [1.807, 2.05) is 48.5 Å². The highest BCUT2D eigenvalue weighted by Crippen LogP contribution is 2.25. The third-order valence-electron chi connectivity index (χ3n) is 2.39. The molecule has 0 atom stereocenters. The molecule has 0 saturated carbocycles. The maximum Gasteiger partial charge on any atom is 0.134 e. The van der Waals surface area contributed by atoms with E-state index in [0.717, 1.165) is 17.1 Å². The minimum Gasteiger partial charge on any atom is -0.457 e. The van der Waals surface area contributed by atoms with Crippen LogP contribution in [0.3, 0.4) is 0 Å². The SMILES string of the molecule is C=Cc1ccccc1Oc1ccc(C)cc1. The normalized spacial score (nSPS) is 9.81. The van der Waals surface area contributed by atoms with Crippen LogP contribution < -0.4 is 4.74 Å². The molecule has 0 amide bonds. The molecule has 1 heteroatoms. The number of hydrogen-bond acceptors (Lipinski definition) is 1. The van der Waals surface area contributed by atoms with Crippen LogP contribution in [0, 0.1) is 6.92 Å². The first-order chi connectivity index (χ1) is 7.79. The van der Waals surface area contributed by atoms with Crippen molar-refractivity contribution in [2.24, 2.45) is 0 Å². The second kappa shape index (κ2) is 4.67. The van der Waals surface area contributed by atoms with E-state index in [4.69, 9.17) is 4.74 Å². The number of para-hydroxylation sites is 1. The Kier molecular flexibility index (Phi) is 3.06. The van der Waals surface area contributed by atoms with Crippen molar-refractivity contribution >= 4 is 6.08 Å². The summed E-state index contributed by atoms with van der Waals surface area (Å²) in [6.45, 7) is 5.82. The summed E-state index contributed by atoms with van der Waals surface area (Å²) in [5.41, 5.74) is 2.23. The molecule has 0 aliphatic rings. The van der Waals surface area contributed by atoms with Crippen molar-refractivity contribution in [3.63, 3.8) is 0 Å². The molecular formula is C15H14O. The number of hydrogen-bond donors (Lipinski definition) is 0. The van der Waals surface area contributed by atoms with Gasteiger partial charge in [-0.15, -0.1) is 0 Å². The van der Waals surface area contributed by atoms with Crippen molar-refractivity contribution in [1.82, 2.24) is 0 Å². The van der Waals surface area contributed by atoms with Gasteiger partial charge in [-0.05, 0) is 25.1 Å². The fraction of sp³-hybridized carbons (Fsp3) is 0.0667. The fourth-order valence-electron chi connectivity index (χ4n) is 1.48. The molecule has 1 nitrogen and oxygen atoms in total. The Morgan fingerprint density at radius 3 is 2.38 bits per heavy atom. The van der Waals surface area contributed by atoms with Crippen molar-refractivity contribution in [2.45, 2.75) is 6.92 Å². The van der Waals surface area contributed by atoms with Gasteiger partial charge in [-0.2, -0.15) is 0 Å². The second-order valence-electron chi connectivity index (χ2n) is 3.66. The fourth-order valence-corrected chi connectivity index (χ4v) is 1.48. The summed E-state index contributed by atoms with van der Waals surface area (Å²) in [6.07, 6.45) is 1.80. The molecular weight excluding hydrogens is 196 g/mol. The number of ether oxygens (including phenoxy) is 1. The smallest absolute Gasteiger partial charge is 0.134 e. The predicted molar refractivity (Wildman–Crippen MR) is 67.8 cm³/mol. The second-order valence-corrected chi connectivity index (χ2v) is 3.66. The van der Waals surface area contributed by atoms with Gasteiger partial charge in [0.15, 0.2) is 0 Å². The van der Waals surface area contributed by atoms with Crippen LogP contribution >= 0.6 is 0 Å². The Labute approximate surface area is 96.0 Å². The summed E-state index contributed by atoms with van der Waals surface area (Å²) in [6, 6.07) is 15.9. The van der Waals surface area contributed by atoms with E-state index in [1.54, 1.807) is 6.08 Å². The Morgan fingerprint density at radius 1 is 1.00 bits per heavy atom. The largest absolute Gasteiger partial charge is 0.457 e. The van der Waals surface area contributed by atoms with E-state index >= 15 is 0 Å². The summed E-state index contributed by atoms with van der Waals surface area (Å²) in [4.78, 5) is 0. The van der Waals surface area contributed by atoms with E-state index in [2.05, 4.69) is 13.5 Å². The number of rotatable bonds is 3. The van der Waals surface area contributed by atoms with Gasteiger partial charge in [-0.1, -0.05) is 48.6 Å². The van der Waals surface area contributed by atoms with E-state index in [9.17, 15) is 0 Å². The van der Waals surface area contributed by atoms with Crippen molar-refractivity contribution < 1.29 is 4.74 Å². The predicted octanol–water partition coefficient (Wildman–Crippen LogP) is 4.43. The lowest BCUT2D eigenvalue weighted by atomic mass is 10.2. The monoisotopic (exact) mass is 210 g/mol. The molecule has 0 fully saturated rings. The van der Waals surface area contributed by atoms with Gasteiger partial charge in [-0.3, -0.25) is 0 Å². The maximum absolute atomic E-state index is 5.78. The highest BCUT2D eigenvalue weighted by molar-refractivity contribution is 5.56. The topological polar surface area (TPSA) is 9.23 Å². The molecule has 0 heterocycles. The van der Waals surface area contributed by atoms with Crippen LogP contribution in [0.4, 0.5) is 0 Å². The quantitative estimate of drug-likeness (QED) is 0.728. The molecule has 2 aromatic rings. The summed E-state index contributed by atoms with van der Waals surface area (Å²) >= 11 is 0. The molecule has 0 N–H and O–H groups in total. The molecule has 0 aromatic heterocycles. The van der Waals surface area contributed by atoms with E-state index in [-0.39, 0.29) is 0 Å². The third-order valence-corrected chi connectivity index (χ3v) is 2.39. The van der Waals surface area contributed by atoms with Crippen LogP contribution in [0.25, 0.3) is 6.08 Å². The minimum absolute atomic E-state index is 0.835. The van der Waals surface area contributed by atoms with Crippen LogP contribution in [0.2, 0.25) is 0 Å². The van der Waals surface area contributed by atoms with Gasteiger partial charge in [-0.25, -0.2) is 0 Å². The maximum atomic E-state index is 5.78. The van der Waals surface area contributed by atoms with Crippen molar-refractivity contribution in [3.8, 4) is 11.5 Å². The standard InChI is InChI=1S/C15H14O/c1-3-13-6-4-5-7-15(13)16-14-10-8-12(2)9-11-14/h3-11H,1H2,2H3. The first kappa shape index (κ1) is 10.5. The van der Waals surface area contributed by atoms with Crippen molar-refractivity contribution in [2.75, 3.05) is 0 Å². The number of benzene rings is 2. The van der Waals surface area contributed by atoms with Crippen molar-refractivity contribution in [1.29, 1.82) is 0 Å². The first-order valence-corrected chi connectivity index (χ1v) is 5.25. The van der Waals surface area contributed by atoms with Crippen LogP contribution in [-0.2, 0) is 0 Å². The lowest BCUT2D eigenvalue weighted by molar-refractivity contribution is 0.481. The van der Waals surface area contributed by atoms with Gasteiger partial charge in [0.25, 0.3) is 0 Å². The zero-order valence-electron chi connectivity index (χ0n) is 9.31. The molecule has 0 aliphatic carbocycles. The molecule has 0 saturated heterocycles. The average Bonchev–Trinajstić information content (AvgIpc) is 2.33. The molecule has 0 spiro atoms. The Bertz CT molecular complexity index is 483. The molecule has 0 unspecified atom stereocenters. The van der Waals surface area contributed by atoms with Crippen LogP contribution in [-0.4, -0.2) is 0 Å². The van der Waals surface area contributed by atoms with Gasteiger partial charge < -0.3 is 4.74 Å². The minimum atomic E-state index is 0.835. The number of aryl methyl sites for hydroxylation is 1. The van der Waals surface area contributed by atoms with Crippen LogP contribution in [0.15, 0.2) is 55.1 Å². The molecule has 0 radical (unpaired) electrons. The molecule has 16 heavy (non-hydrogen) atoms. The van der Waals surface area contributed by atoms with Gasteiger partial charge in [0.05, 0.1) is 0 Å².